The summed E-state index contributed by atoms with van der Waals surface area (Å²) in [6.07, 6.45) is 4.25. The summed E-state index contributed by atoms with van der Waals surface area (Å²) in [5, 5.41) is 3.63. The second-order valence-corrected chi connectivity index (χ2v) is 4.61. The Bertz CT molecular complexity index is 120. The molecular formula is C7H13NS. The van der Waals surface area contributed by atoms with Crippen molar-refractivity contribution in [3.05, 3.63) is 0 Å². The van der Waals surface area contributed by atoms with E-state index >= 15 is 0 Å². The molecule has 0 aromatic carbocycles. The van der Waals surface area contributed by atoms with Crippen LogP contribution in [0.3, 0.4) is 0 Å². The van der Waals surface area contributed by atoms with Gasteiger partial charge in [-0.05, 0) is 26.2 Å². The SMILES string of the molecule is C[C@@H]1CSC2(CCC2)N1. The molecule has 0 aromatic heterocycles. The molecule has 1 saturated heterocycles. The summed E-state index contributed by atoms with van der Waals surface area (Å²) >= 11 is 2.13. The van der Waals surface area contributed by atoms with E-state index in [-0.39, 0.29) is 0 Å². The maximum atomic E-state index is 3.63. The lowest BCUT2D eigenvalue weighted by Crippen LogP contribution is -2.46. The van der Waals surface area contributed by atoms with Gasteiger partial charge in [0.2, 0.25) is 0 Å². The second-order valence-electron chi connectivity index (χ2n) is 3.20. The van der Waals surface area contributed by atoms with Crippen molar-refractivity contribution in [1.82, 2.24) is 5.32 Å². The van der Waals surface area contributed by atoms with E-state index in [1.807, 2.05) is 0 Å². The lowest BCUT2D eigenvalue weighted by molar-refractivity contribution is 0.297. The molecular weight excluding hydrogens is 130 g/mol. The lowest BCUT2D eigenvalue weighted by Gasteiger charge is -2.37. The Hall–Kier alpha value is 0.310. The van der Waals surface area contributed by atoms with Gasteiger partial charge < -0.3 is 0 Å². The minimum atomic E-state index is 0.555. The average Bonchev–Trinajstić information content (AvgIpc) is 2.09. The van der Waals surface area contributed by atoms with Crippen LogP contribution < -0.4 is 5.32 Å². The molecule has 0 amide bonds. The van der Waals surface area contributed by atoms with Crippen LogP contribution in [0.1, 0.15) is 26.2 Å². The van der Waals surface area contributed by atoms with E-state index in [4.69, 9.17) is 0 Å². The van der Waals surface area contributed by atoms with Gasteiger partial charge in [0, 0.05) is 11.8 Å². The fourth-order valence-electron chi connectivity index (χ4n) is 1.60. The summed E-state index contributed by atoms with van der Waals surface area (Å²) < 4.78 is 0. The molecule has 0 bridgehead atoms. The summed E-state index contributed by atoms with van der Waals surface area (Å²) in [5.74, 6) is 1.32. The highest BCUT2D eigenvalue weighted by molar-refractivity contribution is 8.01. The molecule has 1 N–H and O–H groups in total. The lowest BCUT2D eigenvalue weighted by atomic mass is 9.92. The van der Waals surface area contributed by atoms with Crippen molar-refractivity contribution in [2.24, 2.45) is 0 Å². The normalized spacial score (nSPS) is 39.0. The van der Waals surface area contributed by atoms with E-state index in [0.29, 0.717) is 4.87 Å². The summed E-state index contributed by atoms with van der Waals surface area (Å²) in [6, 6.07) is 0.760. The highest BCUT2D eigenvalue weighted by Gasteiger charge is 2.42. The maximum absolute atomic E-state index is 3.63. The first kappa shape index (κ1) is 6.05. The molecule has 0 aromatic rings. The molecule has 2 aliphatic rings. The van der Waals surface area contributed by atoms with Crippen molar-refractivity contribution in [3.8, 4) is 0 Å². The average molecular weight is 143 g/mol. The smallest absolute Gasteiger partial charge is 0.0648 e. The standard InChI is InChI=1S/C7H13NS/c1-6-5-9-7(8-6)3-2-4-7/h6,8H,2-5H2,1H3/t6-/m1/s1. The predicted molar refractivity (Wildman–Crippen MR) is 41.6 cm³/mol. The van der Waals surface area contributed by atoms with Crippen LogP contribution in [0.25, 0.3) is 0 Å². The Morgan fingerprint density at radius 2 is 2.33 bits per heavy atom. The molecule has 1 saturated carbocycles. The van der Waals surface area contributed by atoms with Crippen molar-refractivity contribution in [3.63, 3.8) is 0 Å². The maximum Gasteiger partial charge on any atom is 0.0648 e. The van der Waals surface area contributed by atoms with Gasteiger partial charge in [0.25, 0.3) is 0 Å². The van der Waals surface area contributed by atoms with Gasteiger partial charge in [-0.1, -0.05) is 0 Å². The third-order valence-corrected chi connectivity index (χ3v) is 4.03. The molecule has 52 valence electrons. The molecule has 1 atom stereocenters. The van der Waals surface area contributed by atoms with Crippen LogP contribution in [-0.4, -0.2) is 16.7 Å². The predicted octanol–water partition coefficient (Wildman–Crippen LogP) is 1.59. The van der Waals surface area contributed by atoms with Gasteiger partial charge in [-0.15, -0.1) is 11.8 Å². The quantitative estimate of drug-likeness (QED) is 0.552. The number of hydrogen-bond acceptors (Lipinski definition) is 2. The van der Waals surface area contributed by atoms with Crippen LogP contribution in [0, 0.1) is 0 Å². The summed E-state index contributed by atoms with van der Waals surface area (Å²) in [6.45, 7) is 2.28. The van der Waals surface area contributed by atoms with Crippen LogP contribution in [-0.2, 0) is 0 Å². The first-order valence-electron chi connectivity index (χ1n) is 3.72. The number of rotatable bonds is 0. The van der Waals surface area contributed by atoms with E-state index in [1.54, 1.807) is 0 Å². The number of nitrogens with one attached hydrogen (secondary N) is 1. The van der Waals surface area contributed by atoms with E-state index in [0.717, 1.165) is 6.04 Å². The molecule has 2 heteroatoms. The van der Waals surface area contributed by atoms with Gasteiger partial charge in [0.15, 0.2) is 0 Å². The second kappa shape index (κ2) is 1.89. The zero-order valence-corrected chi connectivity index (χ0v) is 6.63. The third kappa shape index (κ3) is 0.887. The Kier molecular flexibility index (Phi) is 1.27. The van der Waals surface area contributed by atoms with Crippen LogP contribution in [0.2, 0.25) is 0 Å². The molecule has 1 aliphatic heterocycles. The molecule has 2 fully saturated rings. The molecule has 2 rings (SSSR count). The number of hydrogen-bond donors (Lipinski definition) is 1. The van der Waals surface area contributed by atoms with E-state index < -0.39 is 0 Å². The topological polar surface area (TPSA) is 12.0 Å². The van der Waals surface area contributed by atoms with Gasteiger partial charge in [-0.3, -0.25) is 5.32 Å². The van der Waals surface area contributed by atoms with Crippen LogP contribution >= 0.6 is 11.8 Å². The van der Waals surface area contributed by atoms with Crippen molar-refractivity contribution in [1.29, 1.82) is 0 Å². The fourth-order valence-corrected chi connectivity index (χ4v) is 3.12. The molecule has 0 unspecified atom stereocenters. The summed E-state index contributed by atoms with van der Waals surface area (Å²) in [4.78, 5) is 0.555. The van der Waals surface area contributed by atoms with Gasteiger partial charge >= 0.3 is 0 Å². The zero-order valence-electron chi connectivity index (χ0n) is 5.81. The highest BCUT2D eigenvalue weighted by atomic mass is 32.2. The largest absolute Gasteiger partial charge is 0.299 e. The van der Waals surface area contributed by atoms with Gasteiger partial charge in [0.05, 0.1) is 4.87 Å². The van der Waals surface area contributed by atoms with Crippen molar-refractivity contribution in [2.45, 2.75) is 37.1 Å². The molecule has 1 heterocycles. The van der Waals surface area contributed by atoms with Crippen molar-refractivity contribution < 1.29 is 0 Å². The fraction of sp³-hybridized carbons (Fsp3) is 1.00. The highest BCUT2D eigenvalue weighted by Crippen LogP contribution is 2.45. The molecule has 9 heavy (non-hydrogen) atoms. The Morgan fingerprint density at radius 1 is 1.56 bits per heavy atom. The van der Waals surface area contributed by atoms with Gasteiger partial charge in [-0.25, -0.2) is 0 Å². The molecule has 1 aliphatic carbocycles. The van der Waals surface area contributed by atoms with Crippen molar-refractivity contribution >= 4 is 11.8 Å². The van der Waals surface area contributed by atoms with Gasteiger partial charge in [0.1, 0.15) is 0 Å². The molecule has 1 spiro atoms. The van der Waals surface area contributed by atoms with E-state index in [2.05, 4.69) is 24.0 Å². The summed E-state index contributed by atoms with van der Waals surface area (Å²) in [7, 11) is 0. The van der Waals surface area contributed by atoms with E-state index in [9.17, 15) is 0 Å². The Morgan fingerprint density at radius 3 is 2.56 bits per heavy atom. The first-order chi connectivity index (χ1) is 4.31. The zero-order chi connectivity index (χ0) is 6.32. The minimum Gasteiger partial charge on any atom is -0.299 e. The Labute approximate surface area is 60.6 Å². The van der Waals surface area contributed by atoms with Crippen molar-refractivity contribution in [2.75, 3.05) is 5.75 Å². The summed E-state index contributed by atoms with van der Waals surface area (Å²) in [5.41, 5.74) is 0. The molecule has 0 radical (unpaired) electrons. The third-order valence-electron chi connectivity index (χ3n) is 2.28. The first-order valence-corrected chi connectivity index (χ1v) is 4.71. The van der Waals surface area contributed by atoms with Crippen LogP contribution in [0.15, 0.2) is 0 Å². The molecule has 1 nitrogen and oxygen atoms in total. The number of thioether (sulfide) groups is 1. The monoisotopic (exact) mass is 143 g/mol. The van der Waals surface area contributed by atoms with Gasteiger partial charge in [-0.2, -0.15) is 0 Å². The Balaban J connectivity index is 1.99. The van der Waals surface area contributed by atoms with E-state index in [1.165, 1.54) is 25.0 Å². The minimum absolute atomic E-state index is 0.555. The van der Waals surface area contributed by atoms with Crippen LogP contribution in [0.4, 0.5) is 0 Å². The van der Waals surface area contributed by atoms with Crippen LogP contribution in [0.5, 0.6) is 0 Å².